The fourth-order valence-corrected chi connectivity index (χ4v) is 3.12. The number of phenols is 1. The number of para-hydroxylation sites is 1. The van der Waals surface area contributed by atoms with Gasteiger partial charge >= 0.3 is 0 Å². The van der Waals surface area contributed by atoms with Gasteiger partial charge in [-0.05, 0) is 25.1 Å². The van der Waals surface area contributed by atoms with Crippen LogP contribution in [0, 0.1) is 0 Å². The highest BCUT2D eigenvalue weighted by Crippen LogP contribution is 2.13. The van der Waals surface area contributed by atoms with Crippen LogP contribution in [0.1, 0.15) is 110 Å². The van der Waals surface area contributed by atoms with Gasteiger partial charge in [0.25, 0.3) is 0 Å². The molecule has 26 heavy (non-hydrogen) atoms. The van der Waals surface area contributed by atoms with E-state index < -0.39 is 0 Å². The molecule has 0 fully saturated rings. The molecule has 0 aliphatic heterocycles. The maximum Gasteiger partial charge on any atom is 0.115 e. The highest BCUT2D eigenvalue weighted by Gasteiger charge is 1.94. The van der Waals surface area contributed by atoms with Gasteiger partial charge in [0, 0.05) is 0 Å². The molecule has 1 aromatic carbocycles. The lowest BCUT2D eigenvalue weighted by atomic mass is 10.0. The lowest BCUT2D eigenvalue weighted by molar-refractivity contribution is 0.475. The maximum absolute atomic E-state index is 8.63. The van der Waals surface area contributed by atoms with Gasteiger partial charge in [-0.15, -0.1) is 0 Å². The van der Waals surface area contributed by atoms with E-state index in [4.69, 9.17) is 10.8 Å². The second kappa shape index (κ2) is 22.0. The van der Waals surface area contributed by atoms with Gasteiger partial charge in [-0.1, -0.05) is 121 Å². The van der Waals surface area contributed by atoms with Crippen LogP contribution in [0.25, 0.3) is 0 Å². The van der Waals surface area contributed by atoms with E-state index in [9.17, 15) is 0 Å². The smallest absolute Gasteiger partial charge is 0.115 e. The van der Waals surface area contributed by atoms with E-state index in [1.807, 2.05) is 6.07 Å². The van der Waals surface area contributed by atoms with Crippen molar-refractivity contribution in [1.82, 2.24) is 0 Å². The standard InChI is InChI=1S/C18H39N.C6H6O/c1-2-3-4-5-6-7-8-9-10-11-12-13-14-15-16-17-18-19;7-6-4-2-1-3-5-6/h2-19H2,1H3;1-5,7H. The van der Waals surface area contributed by atoms with E-state index in [-0.39, 0.29) is 0 Å². The largest absolute Gasteiger partial charge is 0.508 e. The number of phenolic OH excluding ortho intramolecular Hbond substituents is 1. The first-order valence-electron chi connectivity index (χ1n) is 11.2. The summed E-state index contributed by atoms with van der Waals surface area (Å²) in [5.74, 6) is 0.322. The third-order valence-corrected chi connectivity index (χ3v) is 4.81. The van der Waals surface area contributed by atoms with Gasteiger partial charge in [-0.25, -0.2) is 0 Å². The van der Waals surface area contributed by atoms with Crippen LogP contribution in [0.3, 0.4) is 0 Å². The molecule has 0 atom stereocenters. The van der Waals surface area contributed by atoms with Crippen molar-refractivity contribution in [1.29, 1.82) is 0 Å². The molecule has 0 aliphatic carbocycles. The van der Waals surface area contributed by atoms with E-state index in [0.717, 1.165) is 6.54 Å². The molecule has 0 heterocycles. The molecule has 0 radical (unpaired) electrons. The van der Waals surface area contributed by atoms with Gasteiger partial charge < -0.3 is 10.8 Å². The van der Waals surface area contributed by atoms with Gasteiger partial charge in [0.15, 0.2) is 0 Å². The van der Waals surface area contributed by atoms with Gasteiger partial charge in [0.1, 0.15) is 5.75 Å². The summed E-state index contributed by atoms with van der Waals surface area (Å²) in [5.41, 5.74) is 5.48. The molecule has 0 spiro atoms. The first-order valence-corrected chi connectivity index (χ1v) is 11.2. The van der Waals surface area contributed by atoms with Gasteiger partial charge in [-0.3, -0.25) is 0 Å². The zero-order valence-corrected chi connectivity index (χ0v) is 17.4. The topological polar surface area (TPSA) is 46.2 Å². The molecule has 3 N–H and O–H groups in total. The monoisotopic (exact) mass is 363 g/mol. The molecule has 0 amide bonds. The average Bonchev–Trinajstić information content (AvgIpc) is 2.66. The minimum atomic E-state index is 0.322. The Morgan fingerprint density at radius 2 is 0.923 bits per heavy atom. The zero-order chi connectivity index (χ0) is 19.1. The van der Waals surface area contributed by atoms with Crippen molar-refractivity contribution in [2.75, 3.05) is 6.54 Å². The lowest BCUT2D eigenvalue weighted by Gasteiger charge is -2.03. The predicted octanol–water partition coefficient (Wildman–Crippen LogP) is 7.60. The summed E-state index contributed by atoms with van der Waals surface area (Å²) in [6.45, 7) is 3.16. The van der Waals surface area contributed by atoms with Crippen LogP contribution in [-0.4, -0.2) is 11.7 Å². The van der Waals surface area contributed by atoms with Crippen molar-refractivity contribution in [3.8, 4) is 5.75 Å². The fourth-order valence-electron chi connectivity index (χ4n) is 3.12. The summed E-state index contributed by atoms with van der Waals surface area (Å²) >= 11 is 0. The summed E-state index contributed by atoms with van der Waals surface area (Å²) in [4.78, 5) is 0. The Kier molecular flexibility index (Phi) is 21.2. The van der Waals surface area contributed by atoms with Gasteiger partial charge in [-0.2, -0.15) is 0 Å². The molecule has 1 rings (SSSR count). The normalized spacial score (nSPS) is 10.4. The van der Waals surface area contributed by atoms with Crippen LogP contribution in [0.4, 0.5) is 0 Å². The Labute approximate surface area is 163 Å². The summed E-state index contributed by atoms with van der Waals surface area (Å²) in [5, 5.41) is 8.63. The third kappa shape index (κ3) is 21.0. The predicted molar refractivity (Wildman–Crippen MR) is 117 cm³/mol. The average molecular weight is 364 g/mol. The van der Waals surface area contributed by atoms with E-state index in [0.29, 0.717) is 5.75 Å². The number of nitrogens with two attached hydrogens (primary N) is 1. The Morgan fingerprint density at radius 3 is 1.19 bits per heavy atom. The summed E-state index contributed by atoms with van der Waals surface area (Å²) in [6, 6.07) is 8.71. The van der Waals surface area contributed by atoms with Crippen molar-refractivity contribution in [2.45, 2.75) is 110 Å². The molecule has 0 aliphatic rings. The highest BCUT2D eigenvalue weighted by molar-refractivity contribution is 5.18. The van der Waals surface area contributed by atoms with Crippen molar-refractivity contribution in [3.63, 3.8) is 0 Å². The summed E-state index contributed by atoms with van der Waals surface area (Å²) < 4.78 is 0. The minimum Gasteiger partial charge on any atom is -0.508 e. The number of benzene rings is 1. The van der Waals surface area contributed by atoms with Crippen LogP contribution >= 0.6 is 0 Å². The van der Waals surface area contributed by atoms with Gasteiger partial charge in [0.2, 0.25) is 0 Å². The van der Waals surface area contributed by atoms with Crippen LogP contribution in [0.2, 0.25) is 0 Å². The summed E-state index contributed by atoms with van der Waals surface area (Å²) in [7, 11) is 0. The van der Waals surface area contributed by atoms with Crippen molar-refractivity contribution < 1.29 is 5.11 Å². The number of hydrogen-bond acceptors (Lipinski definition) is 2. The Hall–Kier alpha value is -1.02. The van der Waals surface area contributed by atoms with Crippen LogP contribution in [0.5, 0.6) is 5.75 Å². The first-order chi connectivity index (χ1) is 12.8. The molecular formula is C24H45NO. The third-order valence-electron chi connectivity index (χ3n) is 4.81. The van der Waals surface area contributed by atoms with E-state index in [1.54, 1.807) is 24.3 Å². The molecule has 0 unspecified atom stereocenters. The highest BCUT2D eigenvalue weighted by atomic mass is 16.3. The number of rotatable bonds is 16. The van der Waals surface area contributed by atoms with E-state index >= 15 is 0 Å². The van der Waals surface area contributed by atoms with Crippen molar-refractivity contribution >= 4 is 0 Å². The van der Waals surface area contributed by atoms with Crippen molar-refractivity contribution in [3.05, 3.63) is 30.3 Å². The summed E-state index contributed by atoms with van der Waals surface area (Å²) in [6.07, 6.45) is 22.9. The molecule has 0 bridgehead atoms. The maximum atomic E-state index is 8.63. The van der Waals surface area contributed by atoms with Crippen molar-refractivity contribution in [2.24, 2.45) is 5.73 Å². The fraction of sp³-hybridized carbons (Fsp3) is 0.750. The van der Waals surface area contributed by atoms with E-state index in [1.165, 1.54) is 103 Å². The molecule has 0 aromatic heterocycles. The van der Waals surface area contributed by atoms with E-state index in [2.05, 4.69) is 6.92 Å². The number of unbranched alkanes of at least 4 members (excludes halogenated alkanes) is 15. The second-order valence-electron chi connectivity index (χ2n) is 7.43. The number of aromatic hydroxyl groups is 1. The Morgan fingerprint density at radius 1 is 0.577 bits per heavy atom. The molecular weight excluding hydrogens is 318 g/mol. The molecule has 0 saturated carbocycles. The van der Waals surface area contributed by atoms with Crippen LogP contribution in [0.15, 0.2) is 30.3 Å². The second-order valence-corrected chi connectivity index (χ2v) is 7.43. The minimum absolute atomic E-state index is 0.322. The Balaban J connectivity index is 0.000000735. The zero-order valence-electron chi connectivity index (χ0n) is 17.4. The lowest BCUT2D eigenvalue weighted by Crippen LogP contribution is -1.97. The quantitative estimate of drug-likeness (QED) is 0.297. The van der Waals surface area contributed by atoms with Crippen LogP contribution in [-0.2, 0) is 0 Å². The first kappa shape index (κ1) is 25.0. The molecule has 2 heteroatoms. The molecule has 2 nitrogen and oxygen atoms in total. The molecule has 0 saturated heterocycles. The van der Waals surface area contributed by atoms with Crippen LogP contribution < -0.4 is 5.73 Å². The Bertz CT molecular complexity index is 336. The molecule has 1 aromatic rings. The number of hydrogen-bond donors (Lipinski definition) is 2. The SMILES string of the molecule is CCCCCCCCCCCCCCCCCCN.Oc1ccccc1. The molecule has 152 valence electrons. The van der Waals surface area contributed by atoms with Gasteiger partial charge in [0.05, 0.1) is 0 Å².